The highest BCUT2D eigenvalue weighted by Crippen LogP contribution is 2.20. The number of hydrogen-bond acceptors (Lipinski definition) is 4. The zero-order chi connectivity index (χ0) is 15.4. The molecule has 0 saturated heterocycles. The van der Waals surface area contributed by atoms with Gasteiger partial charge in [0.15, 0.2) is 6.10 Å². The number of nitrogens with zero attached hydrogens (tertiary/aromatic N) is 2. The van der Waals surface area contributed by atoms with Crippen LogP contribution < -0.4 is 5.32 Å². The van der Waals surface area contributed by atoms with Gasteiger partial charge in [0, 0.05) is 31.9 Å². The average molecular weight is 299 g/mol. The van der Waals surface area contributed by atoms with Crippen LogP contribution in [0.2, 0.25) is 0 Å². The van der Waals surface area contributed by atoms with Crippen molar-refractivity contribution < 1.29 is 14.3 Å². The lowest BCUT2D eigenvalue weighted by molar-refractivity contribution is -0.130. The monoisotopic (exact) mass is 299 g/mol. The van der Waals surface area contributed by atoms with E-state index in [0.29, 0.717) is 18.5 Å². The molecule has 1 aromatic carbocycles. The van der Waals surface area contributed by atoms with Crippen molar-refractivity contribution >= 4 is 11.9 Å². The molecule has 0 fully saturated rings. The van der Waals surface area contributed by atoms with Crippen LogP contribution in [-0.4, -0.2) is 34.3 Å². The van der Waals surface area contributed by atoms with Gasteiger partial charge in [-0.05, 0) is 24.1 Å². The van der Waals surface area contributed by atoms with E-state index in [1.165, 1.54) is 0 Å². The Balaban J connectivity index is 1.50. The lowest BCUT2D eigenvalue weighted by Crippen LogP contribution is -2.42. The molecular weight excluding hydrogens is 282 g/mol. The molecule has 1 amide bonds. The Kier molecular flexibility index (Phi) is 4.18. The van der Waals surface area contributed by atoms with Crippen LogP contribution in [0.25, 0.3) is 0 Å². The number of aromatic nitrogens is 2. The Hall–Kier alpha value is -2.63. The molecule has 1 N–H and O–H groups in total. The Morgan fingerprint density at radius 1 is 1.36 bits per heavy atom. The van der Waals surface area contributed by atoms with Gasteiger partial charge in [-0.15, -0.1) is 0 Å². The van der Waals surface area contributed by atoms with Crippen LogP contribution in [0.3, 0.4) is 0 Å². The summed E-state index contributed by atoms with van der Waals surface area (Å²) in [6, 6.07) is 9.08. The van der Waals surface area contributed by atoms with Gasteiger partial charge >= 0.3 is 5.97 Å². The molecular formula is C16H17N3O3. The molecule has 1 aliphatic rings. The third-order valence-corrected chi connectivity index (χ3v) is 3.61. The number of carbonyl (C=O) groups excluding carboxylic acids is 2. The van der Waals surface area contributed by atoms with Gasteiger partial charge in [-0.2, -0.15) is 5.10 Å². The Morgan fingerprint density at radius 2 is 2.23 bits per heavy atom. The first-order valence-electron chi connectivity index (χ1n) is 7.28. The van der Waals surface area contributed by atoms with E-state index in [9.17, 15) is 9.59 Å². The molecule has 0 saturated carbocycles. The highest BCUT2D eigenvalue weighted by Gasteiger charge is 2.30. The van der Waals surface area contributed by atoms with Crippen LogP contribution in [0.4, 0.5) is 0 Å². The van der Waals surface area contributed by atoms with Gasteiger partial charge in [-0.1, -0.05) is 18.2 Å². The Labute approximate surface area is 128 Å². The topological polar surface area (TPSA) is 73.2 Å². The van der Waals surface area contributed by atoms with Crippen molar-refractivity contribution in [2.45, 2.75) is 25.5 Å². The summed E-state index contributed by atoms with van der Waals surface area (Å²) in [4.78, 5) is 24.0. The predicted octanol–water partition coefficient (Wildman–Crippen LogP) is 1.17. The predicted molar refractivity (Wildman–Crippen MR) is 79.2 cm³/mol. The minimum absolute atomic E-state index is 0.247. The maximum Gasteiger partial charge on any atom is 0.339 e. The molecule has 2 heterocycles. The number of fused-ring (bicyclic) bond motifs is 1. The van der Waals surface area contributed by atoms with Gasteiger partial charge < -0.3 is 10.1 Å². The second-order valence-corrected chi connectivity index (χ2v) is 5.17. The standard InChI is InChI=1S/C16H17N3O3/c20-15(17-7-3-9-19-10-4-8-18-19)14-11-12-5-1-2-6-13(12)16(21)22-14/h1-2,4-6,8,10,14H,3,7,9,11H2,(H,17,20)/t14-/m1/s1. The van der Waals surface area contributed by atoms with Crippen molar-refractivity contribution in [3.05, 3.63) is 53.9 Å². The maximum absolute atomic E-state index is 12.1. The molecule has 0 spiro atoms. The molecule has 6 nitrogen and oxygen atoms in total. The SMILES string of the molecule is O=C1O[C@@H](C(=O)NCCCn2cccn2)Cc2ccccc21. The third kappa shape index (κ3) is 3.16. The number of cyclic esters (lactones) is 1. The van der Waals surface area contributed by atoms with E-state index >= 15 is 0 Å². The van der Waals surface area contributed by atoms with E-state index < -0.39 is 12.1 Å². The molecule has 2 aromatic rings. The molecule has 0 radical (unpaired) electrons. The van der Waals surface area contributed by atoms with E-state index in [-0.39, 0.29) is 5.91 Å². The summed E-state index contributed by atoms with van der Waals surface area (Å²) in [5.74, 6) is -0.679. The van der Waals surface area contributed by atoms with Crippen LogP contribution in [-0.2, 0) is 22.5 Å². The van der Waals surface area contributed by atoms with Gasteiger partial charge in [-0.25, -0.2) is 4.79 Å². The number of carbonyl (C=O) groups is 2. The lowest BCUT2D eigenvalue weighted by Gasteiger charge is -2.23. The van der Waals surface area contributed by atoms with E-state index in [1.807, 2.05) is 29.1 Å². The van der Waals surface area contributed by atoms with Gasteiger partial charge in [0.1, 0.15) is 0 Å². The summed E-state index contributed by atoms with van der Waals surface area (Å²) in [5.41, 5.74) is 1.40. The van der Waals surface area contributed by atoms with Crippen molar-refractivity contribution in [1.29, 1.82) is 0 Å². The van der Waals surface area contributed by atoms with Crippen LogP contribution in [0.5, 0.6) is 0 Å². The molecule has 0 aliphatic carbocycles. The van der Waals surface area contributed by atoms with Crippen molar-refractivity contribution in [3.8, 4) is 0 Å². The fraction of sp³-hybridized carbons (Fsp3) is 0.312. The number of aryl methyl sites for hydroxylation is 1. The molecule has 22 heavy (non-hydrogen) atoms. The van der Waals surface area contributed by atoms with E-state index in [0.717, 1.165) is 18.5 Å². The molecule has 3 rings (SSSR count). The fourth-order valence-corrected chi connectivity index (χ4v) is 2.48. The van der Waals surface area contributed by atoms with Gasteiger partial charge in [0.2, 0.25) is 0 Å². The first-order chi connectivity index (χ1) is 10.7. The molecule has 1 aromatic heterocycles. The van der Waals surface area contributed by atoms with Gasteiger partial charge in [0.05, 0.1) is 5.56 Å². The van der Waals surface area contributed by atoms with Gasteiger partial charge in [0.25, 0.3) is 5.91 Å². The summed E-state index contributed by atoms with van der Waals surface area (Å²) in [7, 11) is 0. The van der Waals surface area contributed by atoms with E-state index in [1.54, 1.807) is 18.3 Å². The quantitative estimate of drug-likeness (QED) is 0.664. The summed E-state index contributed by atoms with van der Waals surface area (Å²) >= 11 is 0. The van der Waals surface area contributed by atoms with Crippen molar-refractivity contribution in [3.63, 3.8) is 0 Å². The van der Waals surface area contributed by atoms with Crippen LogP contribution in [0, 0.1) is 0 Å². The second-order valence-electron chi connectivity index (χ2n) is 5.17. The van der Waals surface area contributed by atoms with Crippen molar-refractivity contribution in [1.82, 2.24) is 15.1 Å². The Bertz CT molecular complexity index is 667. The molecule has 114 valence electrons. The molecule has 0 bridgehead atoms. The number of esters is 1. The van der Waals surface area contributed by atoms with Crippen molar-refractivity contribution in [2.24, 2.45) is 0 Å². The Morgan fingerprint density at radius 3 is 3.05 bits per heavy atom. The third-order valence-electron chi connectivity index (χ3n) is 3.61. The zero-order valence-electron chi connectivity index (χ0n) is 12.1. The number of rotatable bonds is 5. The molecule has 6 heteroatoms. The summed E-state index contributed by atoms with van der Waals surface area (Å²) < 4.78 is 7.02. The number of nitrogens with one attached hydrogen (secondary N) is 1. The number of ether oxygens (including phenoxy) is 1. The average Bonchev–Trinajstić information content (AvgIpc) is 3.04. The van der Waals surface area contributed by atoms with Gasteiger partial charge in [-0.3, -0.25) is 9.48 Å². The molecule has 1 atom stereocenters. The number of hydrogen-bond donors (Lipinski definition) is 1. The highest BCUT2D eigenvalue weighted by molar-refractivity contribution is 5.95. The maximum atomic E-state index is 12.1. The summed E-state index contributed by atoms with van der Waals surface area (Å²) in [6.45, 7) is 1.26. The first-order valence-corrected chi connectivity index (χ1v) is 7.28. The van der Waals surface area contributed by atoms with E-state index in [2.05, 4.69) is 10.4 Å². The number of amides is 1. The zero-order valence-corrected chi connectivity index (χ0v) is 12.1. The minimum atomic E-state index is -0.743. The number of benzene rings is 1. The molecule has 1 aliphatic heterocycles. The fourth-order valence-electron chi connectivity index (χ4n) is 2.48. The molecule has 0 unspecified atom stereocenters. The smallest absolute Gasteiger partial charge is 0.339 e. The van der Waals surface area contributed by atoms with E-state index in [4.69, 9.17) is 4.74 Å². The normalized spacial score (nSPS) is 16.7. The van der Waals surface area contributed by atoms with Crippen LogP contribution in [0.15, 0.2) is 42.7 Å². The van der Waals surface area contributed by atoms with Crippen LogP contribution in [0.1, 0.15) is 22.3 Å². The minimum Gasteiger partial charge on any atom is -0.448 e. The van der Waals surface area contributed by atoms with Crippen molar-refractivity contribution in [2.75, 3.05) is 6.54 Å². The second kappa shape index (κ2) is 6.43. The summed E-state index contributed by atoms with van der Waals surface area (Å²) in [6.07, 6.45) is 4.05. The lowest BCUT2D eigenvalue weighted by atomic mass is 9.98. The largest absolute Gasteiger partial charge is 0.448 e. The highest BCUT2D eigenvalue weighted by atomic mass is 16.5. The summed E-state index contributed by atoms with van der Waals surface area (Å²) in [5, 5.41) is 6.90. The first kappa shape index (κ1) is 14.3. The van der Waals surface area contributed by atoms with Crippen LogP contribution >= 0.6 is 0 Å².